The fourth-order valence-corrected chi connectivity index (χ4v) is 2.74. The summed E-state index contributed by atoms with van der Waals surface area (Å²) < 4.78 is 43.8. The number of halogens is 2. The average Bonchev–Trinajstić information content (AvgIpc) is 2.57. The SMILES string of the molecule is C[C@@H](OC(=O)c1ccccc1[S@](C)=O)C(=O)Nc1c(F)cccc1F. The quantitative estimate of drug-likeness (QED) is 0.825. The van der Waals surface area contributed by atoms with Crippen molar-refractivity contribution in [3.63, 3.8) is 0 Å². The first kappa shape index (κ1) is 18.7. The number of hydrogen-bond acceptors (Lipinski definition) is 4. The van der Waals surface area contributed by atoms with Gasteiger partial charge in [0.1, 0.15) is 17.3 Å². The predicted octanol–water partition coefficient (Wildman–Crippen LogP) is 2.89. The number of rotatable bonds is 5. The zero-order chi connectivity index (χ0) is 18.6. The minimum atomic E-state index is -1.42. The van der Waals surface area contributed by atoms with E-state index < -0.39 is 46.1 Å². The Morgan fingerprint density at radius 1 is 1.08 bits per heavy atom. The fraction of sp³-hybridized carbons (Fsp3) is 0.176. The van der Waals surface area contributed by atoms with Crippen LogP contribution in [0.25, 0.3) is 0 Å². The average molecular weight is 367 g/mol. The molecule has 0 aliphatic heterocycles. The second kappa shape index (κ2) is 7.98. The first-order valence-electron chi connectivity index (χ1n) is 7.19. The molecule has 25 heavy (non-hydrogen) atoms. The Morgan fingerprint density at radius 2 is 1.68 bits per heavy atom. The molecule has 0 bridgehead atoms. The van der Waals surface area contributed by atoms with Gasteiger partial charge in [-0.05, 0) is 31.2 Å². The Balaban J connectivity index is 2.11. The highest BCUT2D eigenvalue weighted by molar-refractivity contribution is 7.84. The summed E-state index contributed by atoms with van der Waals surface area (Å²) in [7, 11) is -1.42. The first-order valence-corrected chi connectivity index (χ1v) is 8.75. The second-order valence-electron chi connectivity index (χ2n) is 5.08. The maximum atomic E-state index is 13.5. The molecule has 2 aromatic carbocycles. The fourth-order valence-electron chi connectivity index (χ4n) is 2.01. The summed E-state index contributed by atoms with van der Waals surface area (Å²) in [5.41, 5.74) is -0.564. The Labute approximate surface area is 145 Å². The first-order chi connectivity index (χ1) is 11.8. The maximum absolute atomic E-state index is 13.5. The normalized spacial score (nSPS) is 13.0. The molecule has 0 aromatic heterocycles. The van der Waals surface area contributed by atoms with Gasteiger partial charge in [0.05, 0.1) is 21.3 Å². The molecule has 0 radical (unpaired) electrons. The number of amides is 1. The molecular weight excluding hydrogens is 352 g/mol. The van der Waals surface area contributed by atoms with E-state index >= 15 is 0 Å². The van der Waals surface area contributed by atoms with Crippen molar-refractivity contribution in [3.8, 4) is 0 Å². The third kappa shape index (κ3) is 4.48. The predicted molar refractivity (Wildman–Crippen MR) is 88.6 cm³/mol. The number of ether oxygens (including phenoxy) is 1. The van der Waals surface area contributed by atoms with Gasteiger partial charge >= 0.3 is 5.97 Å². The van der Waals surface area contributed by atoms with E-state index in [1.165, 1.54) is 25.3 Å². The van der Waals surface area contributed by atoms with Gasteiger partial charge in [0.15, 0.2) is 6.10 Å². The standard InChI is InChI=1S/C17H15F2NO4S/c1-10(16(21)20-15-12(18)7-5-8-13(15)19)24-17(22)11-6-3-4-9-14(11)25(2)23/h3-10H,1-2H3,(H,20,21)/t10-,25+/m1/s1. The number of para-hydroxylation sites is 1. The Hall–Kier alpha value is -2.61. The van der Waals surface area contributed by atoms with Gasteiger partial charge in [0.25, 0.3) is 5.91 Å². The molecule has 0 heterocycles. The van der Waals surface area contributed by atoms with E-state index in [4.69, 9.17) is 4.74 Å². The van der Waals surface area contributed by atoms with Crippen LogP contribution in [0.1, 0.15) is 17.3 Å². The van der Waals surface area contributed by atoms with Crippen molar-refractivity contribution in [1.29, 1.82) is 0 Å². The number of anilines is 1. The third-order valence-electron chi connectivity index (χ3n) is 3.28. The lowest BCUT2D eigenvalue weighted by Crippen LogP contribution is -2.31. The molecule has 2 atom stereocenters. The summed E-state index contributed by atoms with van der Waals surface area (Å²) in [4.78, 5) is 24.5. The minimum absolute atomic E-state index is 0.0556. The lowest BCUT2D eigenvalue weighted by atomic mass is 10.2. The molecule has 0 aliphatic rings. The van der Waals surface area contributed by atoms with Crippen LogP contribution >= 0.6 is 0 Å². The Kier molecular flexibility index (Phi) is 5.97. The van der Waals surface area contributed by atoms with E-state index in [0.717, 1.165) is 18.2 Å². The second-order valence-corrected chi connectivity index (χ2v) is 6.43. The van der Waals surface area contributed by atoms with Crippen LogP contribution in [0, 0.1) is 11.6 Å². The molecule has 132 valence electrons. The summed E-state index contributed by atoms with van der Waals surface area (Å²) in [5.74, 6) is -3.65. The van der Waals surface area contributed by atoms with Gasteiger partial charge in [-0.3, -0.25) is 9.00 Å². The Bertz CT molecular complexity index is 821. The van der Waals surface area contributed by atoms with Crippen LogP contribution in [0.15, 0.2) is 47.4 Å². The molecule has 1 amide bonds. The van der Waals surface area contributed by atoms with E-state index in [-0.39, 0.29) is 10.5 Å². The Morgan fingerprint density at radius 3 is 2.28 bits per heavy atom. The lowest BCUT2D eigenvalue weighted by Gasteiger charge is -2.15. The van der Waals surface area contributed by atoms with Crippen LogP contribution in [0.4, 0.5) is 14.5 Å². The monoisotopic (exact) mass is 367 g/mol. The molecule has 5 nitrogen and oxygen atoms in total. The highest BCUT2D eigenvalue weighted by Gasteiger charge is 2.23. The summed E-state index contributed by atoms with van der Waals surface area (Å²) >= 11 is 0. The van der Waals surface area contributed by atoms with Gasteiger partial charge in [0.2, 0.25) is 0 Å². The molecule has 2 rings (SSSR count). The van der Waals surface area contributed by atoms with Crippen molar-refractivity contribution in [3.05, 3.63) is 59.7 Å². The number of nitrogens with one attached hydrogen (secondary N) is 1. The van der Waals surface area contributed by atoms with Gasteiger partial charge in [-0.25, -0.2) is 13.6 Å². The molecule has 1 N–H and O–H groups in total. The lowest BCUT2D eigenvalue weighted by molar-refractivity contribution is -0.123. The van der Waals surface area contributed by atoms with E-state index in [1.807, 2.05) is 5.32 Å². The number of hydrogen-bond donors (Lipinski definition) is 1. The summed E-state index contributed by atoms with van der Waals surface area (Å²) in [6.07, 6.45) is 0.0910. The van der Waals surface area contributed by atoms with Crippen LogP contribution in [0.3, 0.4) is 0 Å². The molecular formula is C17H15F2NO4S. The summed E-state index contributed by atoms with van der Waals surface area (Å²) in [6.45, 7) is 1.26. The van der Waals surface area contributed by atoms with Crippen molar-refractivity contribution in [1.82, 2.24) is 0 Å². The van der Waals surface area contributed by atoms with Crippen LogP contribution < -0.4 is 5.32 Å². The molecule has 0 saturated carbocycles. The zero-order valence-electron chi connectivity index (χ0n) is 13.4. The molecule has 0 spiro atoms. The smallest absolute Gasteiger partial charge is 0.340 e. The molecule has 0 fully saturated rings. The molecule has 2 aromatic rings. The van der Waals surface area contributed by atoms with Gasteiger partial charge < -0.3 is 10.1 Å². The van der Waals surface area contributed by atoms with Gasteiger partial charge in [-0.1, -0.05) is 18.2 Å². The topological polar surface area (TPSA) is 72.5 Å². The zero-order valence-corrected chi connectivity index (χ0v) is 14.2. The number of carbonyl (C=O) groups excluding carboxylic acids is 2. The molecule has 8 heteroatoms. The van der Waals surface area contributed by atoms with Gasteiger partial charge in [-0.15, -0.1) is 0 Å². The van der Waals surface area contributed by atoms with Crippen LogP contribution in [-0.2, 0) is 20.3 Å². The van der Waals surface area contributed by atoms with E-state index in [9.17, 15) is 22.6 Å². The minimum Gasteiger partial charge on any atom is -0.449 e. The van der Waals surface area contributed by atoms with Crippen molar-refractivity contribution in [2.75, 3.05) is 11.6 Å². The number of carbonyl (C=O) groups is 2. The van der Waals surface area contributed by atoms with Crippen LogP contribution in [0.2, 0.25) is 0 Å². The van der Waals surface area contributed by atoms with E-state index in [2.05, 4.69) is 0 Å². The van der Waals surface area contributed by atoms with Crippen molar-refractivity contribution in [2.24, 2.45) is 0 Å². The van der Waals surface area contributed by atoms with E-state index in [1.54, 1.807) is 12.1 Å². The van der Waals surface area contributed by atoms with Gasteiger partial charge in [-0.2, -0.15) is 0 Å². The largest absolute Gasteiger partial charge is 0.449 e. The van der Waals surface area contributed by atoms with Crippen LogP contribution in [-0.4, -0.2) is 28.4 Å². The molecule has 0 aliphatic carbocycles. The number of benzene rings is 2. The number of esters is 1. The van der Waals surface area contributed by atoms with Crippen molar-refractivity contribution < 1.29 is 27.3 Å². The van der Waals surface area contributed by atoms with Crippen molar-refractivity contribution in [2.45, 2.75) is 17.9 Å². The molecule has 0 unspecified atom stereocenters. The third-order valence-corrected chi connectivity index (χ3v) is 4.26. The van der Waals surface area contributed by atoms with Gasteiger partial charge in [0, 0.05) is 6.26 Å². The van der Waals surface area contributed by atoms with E-state index in [0.29, 0.717) is 0 Å². The maximum Gasteiger partial charge on any atom is 0.340 e. The van der Waals surface area contributed by atoms with Crippen LogP contribution in [0.5, 0.6) is 0 Å². The summed E-state index contributed by atoms with van der Waals surface area (Å²) in [6, 6.07) is 9.24. The highest BCUT2D eigenvalue weighted by Crippen LogP contribution is 2.19. The molecule has 0 saturated heterocycles. The van der Waals surface area contributed by atoms with Crippen molar-refractivity contribution >= 4 is 28.4 Å². The highest BCUT2D eigenvalue weighted by atomic mass is 32.2. The summed E-state index contributed by atoms with van der Waals surface area (Å²) in [5, 5.41) is 2.05.